The lowest BCUT2D eigenvalue weighted by molar-refractivity contribution is 0.107. The summed E-state index contributed by atoms with van der Waals surface area (Å²) in [5, 5.41) is 11.0. The van der Waals surface area contributed by atoms with Crippen molar-refractivity contribution in [3.8, 4) is 22.5 Å². The number of nitrogens with two attached hydrogens (primary N) is 1. The van der Waals surface area contributed by atoms with Gasteiger partial charge < -0.3 is 10.8 Å². The van der Waals surface area contributed by atoms with E-state index in [1.807, 2.05) is 24.4 Å². The number of imidazole rings is 1. The fraction of sp³-hybridized carbons (Fsp3) is 0.276. The molecule has 0 unspecified atom stereocenters. The zero-order valence-electron chi connectivity index (χ0n) is 20.0. The second-order valence-electron chi connectivity index (χ2n) is 10.1. The van der Waals surface area contributed by atoms with Gasteiger partial charge in [-0.2, -0.15) is 0 Å². The third kappa shape index (κ3) is 3.54. The van der Waals surface area contributed by atoms with Crippen LogP contribution >= 0.6 is 0 Å². The number of nitrogens with zero attached hydrogens (tertiary/aromatic N) is 5. The maximum absolute atomic E-state index is 9.93. The molecule has 1 saturated carbocycles. The van der Waals surface area contributed by atoms with E-state index >= 15 is 0 Å². The van der Waals surface area contributed by atoms with Gasteiger partial charge in [0.2, 0.25) is 0 Å². The highest BCUT2D eigenvalue weighted by Gasteiger charge is 2.39. The third-order valence-corrected chi connectivity index (χ3v) is 7.83. The maximum atomic E-state index is 9.93. The minimum absolute atomic E-state index is 0.183. The van der Waals surface area contributed by atoms with Crippen molar-refractivity contribution < 1.29 is 5.11 Å². The van der Waals surface area contributed by atoms with Gasteiger partial charge in [-0.05, 0) is 31.4 Å². The summed E-state index contributed by atoms with van der Waals surface area (Å²) < 4.78 is 2.12. The number of hydrogen-bond acceptors (Lipinski definition) is 6. The first kappa shape index (κ1) is 21.5. The van der Waals surface area contributed by atoms with E-state index in [9.17, 15) is 5.11 Å². The van der Waals surface area contributed by atoms with E-state index in [2.05, 4.69) is 56.7 Å². The number of rotatable bonds is 4. The van der Waals surface area contributed by atoms with Crippen molar-refractivity contribution in [1.82, 2.24) is 24.3 Å². The quantitative estimate of drug-likeness (QED) is 0.397. The normalized spacial score (nSPS) is 22.3. The molecule has 7 nitrogen and oxygen atoms in total. The van der Waals surface area contributed by atoms with Crippen molar-refractivity contribution in [2.75, 3.05) is 18.8 Å². The van der Waals surface area contributed by atoms with Crippen molar-refractivity contribution >= 4 is 22.2 Å². The number of anilines is 1. The predicted octanol–water partition coefficient (Wildman–Crippen LogP) is 4.51. The molecule has 4 heterocycles. The molecule has 2 aromatic carbocycles. The Labute approximate surface area is 209 Å². The van der Waals surface area contributed by atoms with Crippen LogP contribution in [0.1, 0.15) is 31.0 Å². The van der Waals surface area contributed by atoms with Gasteiger partial charge in [0, 0.05) is 54.0 Å². The molecular formula is C29H28N6O. The summed E-state index contributed by atoms with van der Waals surface area (Å²) in [6, 6.07) is 21.2. The zero-order valence-corrected chi connectivity index (χ0v) is 20.0. The minimum atomic E-state index is -0.183. The molecular weight excluding hydrogens is 448 g/mol. The topological polar surface area (TPSA) is 92.6 Å². The van der Waals surface area contributed by atoms with Crippen LogP contribution in [-0.2, 0) is 0 Å². The van der Waals surface area contributed by atoms with Crippen molar-refractivity contribution in [2.24, 2.45) is 0 Å². The van der Waals surface area contributed by atoms with Crippen LogP contribution in [0.15, 0.2) is 73.1 Å². The molecule has 36 heavy (non-hydrogen) atoms. The Morgan fingerprint density at radius 2 is 1.78 bits per heavy atom. The van der Waals surface area contributed by atoms with Gasteiger partial charge in [0.1, 0.15) is 22.9 Å². The molecule has 0 spiro atoms. The highest BCUT2D eigenvalue weighted by molar-refractivity contribution is 5.91. The number of nitrogen functional groups attached to an aromatic ring is 1. The van der Waals surface area contributed by atoms with Crippen LogP contribution in [-0.4, -0.2) is 54.6 Å². The molecule has 7 heteroatoms. The Morgan fingerprint density at radius 1 is 0.944 bits per heavy atom. The lowest BCUT2D eigenvalue weighted by Crippen LogP contribution is -2.43. The molecule has 0 amide bonds. The molecule has 180 valence electrons. The Balaban J connectivity index is 1.27. The zero-order chi connectivity index (χ0) is 24.2. The standard InChI is InChI=1S/C29H28N6O/c30-28-27-26(20-7-6-19-8-9-24(32-25(19)16-20)18-4-2-1-3-5-18)33-29(35(27)13-11-31-28)21-14-22(15-21)34-12-10-23(36)17-34/h1-9,11,13,16,21-23,36H,10,12,14-15,17H2,(H2,30,31)/t21?,22?,23-/m0/s1. The molecule has 5 aromatic rings. The summed E-state index contributed by atoms with van der Waals surface area (Å²) in [6.45, 7) is 1.77. The lowest BCUT2D eigenvalue weighted by Gasteiger charge is -2.40. The number of aromatic nitrogens is 4. The smallest absolute Gasteiger partial charge is 0.150 e. The fourth-order valence-electron chi connectivity index (χ4n) is 5.81. The van der Waals surface area contributed by atoms with E-state index in [0.717, 1.165) is 77.1 Å². The van der Waals surface area contributed by atoms with Gasteiger partial charge in [-0.1, -0.05) is 48.5 Å². The van der Waals surface area contributed by atoms with Crippen LogP contribution in [0.5, 0.6) is 0 Å². The number of fused-ring (bicyclic) bond motifs is 2. The number of hydrogen-bond donors (Lipinski definition) is 2. The fourth-order valence-corrected chi connectivity index (χ4v) is 5.81. The molecule has 2 aliphatic rings. The lowest BCUT2D eigenvalue weighted by atomic mass is 9.79. The van der Waals surface area contributed by atoms with Crippen molar-refractivity contribution in [3.63, 3.8) is 0 Å². The van der Waals surface area contributed by atoms with Crippen LogP contribution in [0, 0.1) is 0 Å². The van der Waals surface area contributed by atoms with Gasteiger partial charge in [-0.3, -0.25) is 9.30 Å². The largest absolute Gasteiger partial charge is 0.392 e. The molecule has 3 N–H and O–H groups in total. The molecule has 1 aliphatic heterocycles. The molecule has 0 bridgehead atoms. The summed E-state index contributed by atoms with van der Waals surface area (Å²) in [4.78, 5) is 16.9. The molecule has 0 radical (unpaired) electrons. The number of pyridine rings is 1. The number of benzene rings is 2. The Morgan fingerprint density at radius 3 is 2.58 bits per heavy atom. The molecule has 3 aromatic heterocycles. The van der Waals surface area contributed by atoms with E-state index in [4.69, 9.17) is 15.7 Å². The predicted molar refractivity (Wildman–Crippen MR) is 142 cm³/mol. The molecule has 1 aliphatic carbocycles. The first-order valence-corrected chi connectivity index (χ1v) is 12.7. The average molecular weight is 477 g/mol. The van der Waals surface area contributed by atoms with Crippen LogP contribution in [0.3, 0.4) is 0 Å². The summed E-state index contributed by atoms with van der Waals surface area (Å²) >= 11 is 0. The molecule has 1 atom stereocenters. The minimum Gasteiger partial charge on any atom is -0.392 e. The van der Waals surface area contributed by atoms with E-state index in [0.29, 0.717) is 17.8 Å². The number of aliphatic hydroxyl groups is 1. The second kappa shape index (κ2) is 8.40. The van der Waals surface area contributed by atoms with Crippen LogP contribution in [0.25, 0.3) is 38.9 Å². The first-order chi connectivity index (χ1) is 17.6. The number of aliphatic hydroxyl groups excluding tert-OH is 1. The van der Waals surface area contributed by atoms with Gasteiger partial charge >= 0.3 is 0 Å². The Hall–Kier alpha value is -3.81. The highest BCUT2D eigenvalue weighted by atomic mass is 16.3. The van der Waals surface area contributed by atoms with Gasteiger partial charge in [0.25, 0.3) is 0 Å². The van der Waals surface area contributed by atoms with E-state index < -0.39 is 0 Å². The van der Waals surface area contributed by atoms with E-state index in [1.165, 1.54) is 0 Å². The number of β-amino-alcohol motifs (C(OH)–C–C–N with tert-alkyl or cyclic N) is 1. The van der Waals surface area contributed by atoms with Gasteiger partial charge in [0.15, 0.2) is 0 Å². The summed E-state index contributed by atoms with van der Waals surface area (Å²) in [5.74, 6) is 1.88. The van der Waals surface area contributed by atoms with Crippen molar-refractivity contribution in [2.45, 2.75) is 37.3 Å². The van der Waals surface area contributed by atoms with Crippen molar-refractivity contribution in [3.05, 3.63) is 78.9 Å². The molecule has 1 saturated heterocycles. The van der Waals surface area contributed by atoms with Crippen LogP contribution < -0.4 is 5.73 Å². The van der Waals surface area contributed by atoms with E-state index in [1.54, 1.807) is 6.20 Å². The van der Waals surface area contributed by atoms with Crippen LogP contribution in [0.4, 0.5) is 5.82 Å². The summed E-state index contributed by atoms with van der Waals surface area (Å²) in [6.07, 6.45) is 6.51. The monoisotopic (exact) mass is 476 g/mol. The highest BCUT2D eigenvalue weighted by Crippen LogP contribution is 2.42. The van der Waals surface area contributed by atoms with Crippen molar-refractivity contribution in [1.29, 1.82) is 0 Å². The van der Waals surface area contributed by atoms with Gasteiger partial charge in [-0.15, -0.1) is 0 Å². The summed E-state index contributed by atoms with van der Waals surface area (Å²) in [7, 11) is 0. The molecule has 7 rings (SSSR count). The Kier molecular flexibility index (Phi) is 5.01. The van der Waals surface area contributed by atoms with Crippen LogP contribution in [0.2, 0.25) is 0 Å². The maximum Gasteiger partial charge on any atom is 0.150 e. The Bertz CT molecular complexity index is 1570. The summed E-state index contributed by atoms with van der Waals surface area (Å²) in [5.41, 5.74) is 12.1. The third-order valence-electron chi connectivity index (χ3n) is 7.83. The molecule has 2 fully saturated rings. The number of likely N-dealkylation sites (tertiary alicyclic amines) is 1. The second-order valence-corrected chi connectivity index (χ2v) is 10.1. The van der Waals surface area contributed by atoms with E-state index in [-0.39, 0.29) is 6.10 Å². The van der Waals surface area contributed by atoms with Gasteiger partial charge in [-0.25, -0.2) is 15.0 Å². The first-order valence-electron chi connectivity index (χ1n) is 12.7. The SMILES string of the molecule is Nc1nccn2c(C3CC(N4CC[C@H](O)C4)C3)nc(-c3ccc4ccc(-c5ccccc5)nc4c3)c12. The average Bonchev–Trinajstić information content (AvgIpc) is 3.48. The van der Waals surface area contributed by atoms with Gasteiger partial charge in [0.05, 0.1) is 17.3 Å².